The van der Waals surface area contributed by atoms with E-state index in [9.17, 15) is 4.79 Å². The van der Waals surface area contributed by atoms with Crippen molar-refractivity contribution in [2.24, 2.45) is 30.7 Å². The molecule has 0 spiro atoms. The minimum Gasteiger partial charge on any atom is -0.334 e. The zero-order valence-corrected chi connectivity index (χ0v) is 12.9. The molecule has 3 fully saturated rings. The number of nitrogens with one attached hydrogen (secondary N) is 1. The molecule has 2 bridgehead atoms. The van der Waals surface area contributed by atoms with Crippen LogP contribution in [0.4, 0.5) is 4.79 Å². The Kier molecular flexibility index (Phi) is 2.98. The Hall–Kier alpha value is -1.52. The van der Waals surface area contributed by atoms with Crippen LogP contribution in [0.5, 0.6) is 0 Å². The zero-order valence-electron chi connectivity index (χ0n) is 12.9. The third-order valence-electron chi connectivity index (χ3n) is 6.19. The monoisotopic (exact) mass is 288 g/mol. The summed E-state index contributed by atoms with van der Waals surface area (Å²) in [6.45, 7) is 4.57. The average Bonchev–Trinajstić information content (AvgIpc) is 3.20. The van der Waals surface area contributed by atoms with Crippen molar-refractivity contribution in [1.82, 2.24) is 20.0 Å². The van der Waals surface area contributed by atoms with Crippen molar-refractivity contribution in [2.45, 2.75) is 32.7 Å². The summed E-state index contributed by atoms with van der Waals surface area (Å²) in [5, 5.41) is 7.29. The number of carbonyl (C=O) groups excluding carboxylic acids is 1. The van der Waals surface area contributed by atoms with Crippen molar-refractivity contribution in [3.05, 3.63) is 17.5 Å². The number of hydrogen-bond donors (Lipinski definition) is 1. The van der Waals surface area contributed by atoms with Crippen LogP contribution in [0.15, 0.2) is 6.20 Å². The largest absolute Gasteiger partial charge is 0.334 e. The van der Waals surface area contributed by atoms with E-state index in [0.717, 1.165) is 48.0 Å². The van der Waals surface area contributed by atoms with E-state index < -0.39 is 0 Å². The molecule has 1 aromatic rings. The molecule has 21 heavy (non-hydrogen) atoms. The lowest BCUT2D eigenvalue weighted by Crippen LogP contribution is -2.39. The van der Waals surface area contributed by atoms with Crippen LogP contribution >= 0.6 is 0 Å². The van der Waals surface area contributed by atoms with Gasteiger partial charge >= 0.3 is 6.03 Å². The molecule has 0 radical (unpaired) electrons. The summed E-state index contributed by atoms with van der Waals surface area (Å²) < 4.78 is 1.85. The zero-order chi connectivity index (χ0) is 14.6. The van der Waals surface area contributed by atoms with Crippen LogP contribution in [0.3, 0.4) is 0 Å². The van der Waals surface area contributed by atoms with Crippen molar-refractivity contribution in [3.63, 3.8) is 0 Å². The number of hydrogen-bond acceptors (Lipinski definition) is 2. The molecule has 3 aliphatic rings. The summed E-state index contributed by atoms with van der Waals surface area (Å²) in [6, 6.07) is 0.104. The van der Waals surface area contributed by atoms with Crippen LogP contribution in [-0.2, 0) is 13.6 Å². The number of amides is 2. The normalized spacial score (nSPS) is 33.5. The van der Waals surface area contributed by atoms with Crippen LogP contribution in [0.2, 0.25) is 0 Å². The Labute approximate surface area is 125 Å². The first-order chi connectivity index (χ1) is 10.1. The summed E-state index contributed by atoms with van der Waals surface area (Å²) in [5.74, 6) is 3.38. The van der Waals surface area contributed by atoms with Gasteiger partial charge in [0.1, 0.15) is 0 Å². The van der Waals surface area contributed by atoms with E-state index in [0.29, 0.717) is 6.54 Å². The van der Waals surface area contributed by atoms with Gasteiger partial charge in [0.25, 0.3) is 0 Å². The summed E-state index contributed by atoms with van der Waals surface area (Å²) in [5.41, 5.74) is 2.22. The van der Waals surface area contributed by atoms with Crippen LogP contribution in [0, 0.1) is 30.6 Å². The predicted molar refractivity (Wildman–Crippen MR) is 79.6 cm³/mol. The summed E-state index contributed by atoms with van der Waals surface area (Å²) in [7, 11) is 1.93. The molecule has 4 atom stereocenters. The molecule has 2 saturated carbocycles. The van der Waals surface area contributed by atoms with Crippen LogP contribution in [0.1, 0.15) is 30.5 Å². The molecule has 4 rings (SSSR count). The maximum Gasteiger partial charge on any atom is 0.317 e. The number of likely N-dealkylation sites (tertiary alicyclic amines) is 1. The van der Waals surface area contributed by atoms with Gasteiger partial charge in [-0.3, -0.25) is 4.68 Å². The standard InChI is InChI=1S/C16H24N4O/c1-10-13(7-18-19(10)2)6-17-16(21)20-8-14-11-3-4-12(5-11)15(14)9-20/h7,11-12,14-15H,3-6,8-9H2,1-2H3,(H,17,21)/t11-,12+,14-,15+. The second-order valence-corrected chi connectivity index (χ2v) is 7.10. The Balaban J connectivity index is 1.35. The molecule has 2 heterocycles. The molecule has 2 aliphatic carbocycles. The van der Waals surface area contributed by atoms with Gasteiger partial charge < -0.3 is 10.2 Å². The topological polar surface area (TPSA) is 50.2 Å². The molecule has 1 saturated heterocycles. The Morgan fingerprint density at radius 1 is 1.33 bits per heavy atom. The van der Waals surface area contributed by atoms with Crippen molar-refractivity contribution in [2.75, 3.05) is 13.1 Å². The van der Waals surface area contributed by atoms with Gasteiger partial charge in [-0.25, -0.2) is 4.79 Å². The van der Waals surface area contributed by atoms with Gasteiger partial charge in [-0.05, 0) is 49.9 Å². The fourth-order valence-electron chi connectivity index (χ4n) is 4.85. The predicted octanol–water partition coefficient (Wildman–Crippen LogP) is 1.92. The first-order valence-electron chi connectivity index (χ1n) is 8.13. The molecular weight excluding hydrogens is 264 g/mol. The third-order valence-corrected chi connectivity index (χ3v) is 6.19. The minimum atomic E-state index is 0.104. The van der Waals surface area contributed by atoms with E-state index in [1.165, 1.54) is 19.3 Å². The number of nitrogens with zero attached hydrogens (tertiary/aromatic N) is 3. The van der Waals surface area contributed by atoms with Gasteiger partial charge in [-0.15, -0.1) is 0 Å². The van der Waals surface area contributed by atoms with Crippen molar-refractivity contribution in [1.29, 1.82) is 0 Å². The Morgan fingerprint density at radius 3 is 2.57 bits per heavy atom. The van der Waals surface area contributed by atoms with Gasteiger partial charge in [-0.2, -0.15) is 5.10 Å². The Bertz CT molecular complexity index is 549. The molecule has 0 aromatic carbocycles. The third kappa shape index (κ3) is 2.05. The number of fused-ring (bicyclic) bond motifs is 5. The first-order valence-corrected chi connectivity index (χ1v) is 8.13. The van der Waals surface area contributed by atoms with E-state index in [-0.39, 0.29) is 6.03 Å². The van der Waals surface area contributed by atoms with Crippen molar-refractivity contribution >= 4 is 6.03 Å². The van der Waals surface area contributed by atoms with Crippen LogP contribution in [-0.4, -0.2) is 33.8 Å². The molecule has 2 amide bonds. The molecule has 5 nitrogen and oxygen atoms in total. The van der Waals surface area contributed by atoms with E-state index in [4.69, 9.17) is 0 Å². The van der Waals surface area contributed by atoms with E-state index in [2.05, 4.69) is 10.4 Å². The second kappa shape index (κ2) is 4.75. The first kappa shape index (κ1) is 13.2. The summed E-state index contributed by atoms with van der Waals surface area (Å²) in [4.78, 5) is 14.4. The number of aromatic nitrogens is 2. The van der Waals surface area contributed by atoms with Gasteiger partial charge in [0.05, 0.1) is 6.20 Å². The minimum absolute atomic E-state index is 0.104. The van der Waals surface area contributed by atoms with Gasteiger partial charge in [-0.1, -0.05) is 0 Å². The highest BCUT2D eigenvalue weighted by molar-refractivity contribution is 5.74. The van der Waals surface area contributed by atoms with E-state index >= 15 is 0 Å². The van der Waals surface area contributed by atoms with Crippen LogP contribution in [0.25, 0.3) is 0 Å². The molecule has 1 aliphatic heterocycles. The van der Waals surface area contributed by atoms with E-state index in [1.54, 1.807) is 0 Å². The maximum absolute atomic E-state index is 12.4. The van der Waals surface area contributed by atoms with Crippen molar-refractivity contribution < 1.29 is 4.79 Å². The van der Waals surface area contributed by atoms with Gasteiger partial charge in [0.15, 0.2) is 0 Å². The highest BCUT2D eigenvalue weighted by Gasteiger charge is 2.52. The van der Waals surface area contributed by atoms with Gasteiger partial charge in [0.2, 0.25) is 0 Å². The summed E-state index contributed by atoms with van der Waals surface area (Å²) >= 11 is 0. The number of aryl methyl sites for hydroxylation is 1. The smallest absolute Gasteiger partial charge is 0.317 e. The quantitative estimate of drug-likeness (QED) is 0.904. The molecule has 1 aromatic heterocycles. The number of rotatable bonds is 2. The fourth-order valence-corrected chi connectivity index (χ4v) is 4.85. The highest BCUT2D eigenvalue weighted by atomic mass is 16.2. The Morgan fingerprint density at radius 2 is 2.00 bits per heavy atom. The number of urea groups is 1. The van der Waals surface area contributed by atoms with Crippen molar-refractivity contribution in [3.8, 4) is 0 Å². The fraction of sp³-hybridized carbons (Fsp3) is 0.750. The average molecular weight is 288 g/mol. The molecule has 1 N–H and O–H groups in total. The maximum atomic E-state index is 12.4. The molecular formula is C16H24N4O. The molecule has 114 valence electrons. The van der Waals surface area contributed by atoms with E-state index in [1.807, 2.05) is 29.7 Å². The van der Waals surface area contributed by atoms with Crippen LogP contribution < -0.4 is 5.32 Å². The highest BCUT2D eigenvalue weighted by Crippen LogP contribution is 2.55. The second-order valence-electron chi connectivity index (χ2n) is 7.10. The molecule has 0 unspecified atom stereocenters. The lowest BCUT2D eigenvalue weighted by atomic mass is 9.82. The van der Waals surface area contributed by atoms with Gasteiger partial charge in [0, 0.05) is 37.9 Å². The molecule has 5 heteroatoms. The number of carbonyl (C=O) groups is 1. The lowest BCUT2D eigenvalue weighted by Gasteiger charge is -2.22. The summed E-state index contributed by atoms with van der Waals surface area (Å²) in [6.07, 6.45) is 6.07. The SMILES string of the molecule is Cc1c(CNC(=O)N2C[C@@H]3[C@@H]4CC[C@@H](C4)[C@@H]3C2)cnn1C. The lowest BCUT2D eigenvalue weighted by molar-refractivity contribution is 0.202.